The highest BCUT2D eigenvalue weighted by atomic mass is 35.5. The molecule has 0 aliphatic rings. The van der Waals surface area contributed by atoms with E-state index in [1.807, 2.05) is 13.8 Å². The number of halogens is 1. The summed E-state index contributed by atoms with van der Waals surface area (Å²) in [5.74, 6) is -1.05. The summed E-state index contributed by atoms with van der Waals surface area (Å²) in [4.78, 5) is 22.6. The van der Waals surface area contributed by atoms with Crippen LogP contribution in [0.1, 0.15) is 24.2 Å². The Labute approximate surface area is 115 Å². The molecule has 0 bridgehead atoms. The largest absolute Gasteiger partial charge is 0.478 e. The van der Waals surface area contributed by atoms with E-state index in [4.69, 9.17) is 16.7 Å². The molecule has 98 valence electrons. The number of rotatable bonds is 5. The van der Waals surface area contributed by atoms with Gasteiger partial charge < -0.3 is 10.4 Å². The minimum absolute atomic E-state index is 0.00889. The third kappa shape index (κ3) is 4.58. The number of carboxylic acids is 1. The summed E-state index contributed by atoms with van der Waals surface area (Å²) in [6.45, 7) is 3.98. The second kappa shape index (κ2) is 6.66. The maximum absolute atomic E-state index is 11.6. The van der Waals surface area contributed by atoms with Crippen molar-refractivity contribution in [1.82, 2.24) is 0 Å². The van der Waals surface area contributed by atoms with E-state index in [2.05, 4.69) is 5.32 Å². The summed E-state index contributed by atoms with van der Waals surface area (Å²) in [5.41, 5.74) is 0.256. The van der Waals surface area contributed by atoms with Crippen LogP contribution < -0.4 is 5.32 Å². The standard InChI is InChI=1S/C12H14ClNO3S/c1-7(2)18-6-11(15)14-10-4-3-8(13)5-9(10)12(16)17/h3-5,7H,6H2,1-2H3,(H,14,15)(H,16,17). The fourth-order valence-electron chi connectivity index (χ4n) is 1.23. The van der Waals surface area contributed by atoms with Crippen LogP contribution in [0.2, 0.25) is 5.02 Å². The normalized spacial score (nSPS) is 10.4. The number of anilines is 1. The van der Waals surface area contributed by atoms with Gasteiger partial charge in [0.05, 0.1) is 17.0 Å². The molecule has 4 nitrogen and oxygen atoms in total. The highest BCUT2D eigenvalue weighted by Crippen LogP contribution is 2.21. The van der Waals surface area contributed by atoms with E-state index < -0.39 is 5.97 Å². The van der Waals surface area contributed by atoms with Crippen molar-refractivity contribution in [1.29, 1.82) is 0 Å². The van der Waals surface area contributed by atoms with Gasteiger partial charge in [-0.1, -0.05) is 25.4 Å². The zero-order valence-electron chi connectivity index (χ0n) is 10.1. The zero-order valence-corrected chi connectivity index (χ0v) is 11.6. The number of aromatic carboxylic acids is 1. The van der Waals surface area contributed by atoms with Crippen molar-refractivity contribution < 1.29 is 14.7 Å². The minimum Gasteiger partial charge on any atom is -0.478 e. The van der Waals surface area contributed by atoms with Crippen molar-refractivity contribution in [2.45, 2.75) is 19.1 Å². The van der Waals surface area contributed by atoms with Crippen molar-refractivity contribution in [2.75, 3.05) is 11.1 Å². The first-order chi connectivity index (χ1) is 8.40. The fraction of sp³-hybridized carbons (Fsp3) is 0.333. The summed E-state index contributed by atoms with van der Waals surface area (Å²) in [6, 6.07) is 4.35. The third-order valence-electron chi connectivity index (χ3n) is 2.03. The first-order valence-electron chi connectivity index (χ1n) is 5.34. The van der Waals surface area contributed by atoms with E-state index in [-0.39, 0.29) is 17.2 Å². The molecule has 0 aromatic heterocycles. The van der Waals surface area contributed by atoms with Gasteiger partial charge >= 0.3 is 5.97 Å². The average Bonchev–Trinajstić information content (AvgIpc) is 2.28. The molecular formula is C12H14ClNO3S. The number of thioether (sulfide) groups is 1. The van der Waals surface area contributed by atoms with E-state index in [9.17, 15) is 9.59 Å². The molecule has 1 rings (SSSR count). The highest BCUT2D eigenvalue weighted by Gasteiger charge is 2.13. The minimum atomic E-state index is -1.12. The Hall–Kier alpha value is -1.20. The smallest absolute Gasteiger partial charge is 0.337 e. The van der Waals surface area contributed by atoms with Crippen molar-refractivity contribution in [3.63, 3.8) is 0 Å². The highest BCUT2D eigenvalue weighted by molar-refractivity contribution is 8.00. The molecule has 1 aromatic rings. The predicted molar refractivity (Wildman–Crippen MR) is 74.6 cm³/mol. The Morgan fingerprint density at radius 1 is 1.44 bits per heavy atom. The van der Waals surface area contributed by atoms with E-state index in [0.29, 0.717) is 16.0 Å². The van der Waals surface area contributed by atoms with E-state index in [1.54, 1.807) is 6.07 Å². The van der Waals surface area contributed by atoms with Crippen LogP contribution in [0.15, 0.2) is 18.2 Å². The molecule has 0 radical (unpaired) electrons. The number of benzene rings is 1. The number of carbonyl (C=O) groups is 2. The van der Waals surface area contributed by atoms with Gasteiger partial charge in [0.1, 0.15) is 0 Å². The van der Waals surface area contributed by atoms with Crippen LogP contribution >= 0.6 is 23.4 Å². The maximum atomic E-state index is 11.6. The Morgan fingerprint density at radius 2 is 2.11 bits per heavy atom. The molecular weight excluding hydrogens is 274 g/mol. The summed E-state index contributed by atoms with van der Waals surface area (Å²) < 4.78 is 0. The lowest BCUT2D eigenvalue weighted by Crippen LogP contribution is -2.17. The van der Waals surface area contributed by atoms with Crippen molar-refractivity contribution >= 4 is 40.9 Å². The Balaban J connectivity index is 2.78. The van der Waals surface area contributed by atoms with Gasteiger partial charge in [-0.2, -0.15) is 0 Å². The zero-order chi connectivity index (χ0) is 13.7. The van der Waals surface area contributed by atoms with Crippen LogP contribution in [0.5, 0.6) is 0 Å². The van der Waals surface area contributed by atoms with Gasteiger partial charge in [0.15, 0.2) is 0 Å². The fourth-order valence-corrected chi connectivity index (χ4v) is 1.96. The van der Waals surface area contributed by atoms with Crippen LogP contribution in [-0.2, 0) is 4.79 Å². The van der Waals surface area contributed by atoms with Gasteiger partial charge in [-0.3, -0.25) is 4.79 Å². The predicted octanol–water partition coefficient (Wildman–Crippen LogP) is 3.12. The molecule has 0 spiro atoms. The molecule has 0 fully saturated rings. The lowest BCUT2D eigenvalue weighted by Gasteiger charge is -2.09. The molecule has 0 saturated carbocycles. The second-order valence-corrected chi connectivity index (χ2v) is 5.90. The number of nitrogens with one attached hydrogen (secondary N) is 1. The molecule has 1 aromatic carbocycles. The Morgan fingerprint density at radius 3 is 2.67 bits per heavy atom. The molecule has 18 heavy (non-hydrogen) atoms. The second-order valence-electron chi connectivity index (χ2n) is 3.90. The monoisotopic (exact) mass is 287 g/mol. The molecule has 0 aliphatic heterocycles. The molecule has 0 heterocycles. The molecule has 6 heteroatoms. The maximum Gasteiger partial charge on any atom is 0.337 e. The third-order valence-corrected chi connectivity index (χ3v) is 3.36. The molecule has 0 unspecified atom stereocenters. The molecule has 0 saturated heterocycles. The van der Waals surface area contributed by atoms with Gasteiger partial charge in [0, 0.05) is 5.02 Å². The Bertz CT molecular complexity index is 463. The lowest BCUT2D eigenvalue weighted by molar-refractivity contribution is -0.113. The van der Waals surface area contributed by atoms with Gasteiger partial charge in [0.25, 0.3) is 0 Å². The first kappa shape index (κ1) is 14.9. The van der Waals surface area contributed by atoms with Gasteiger partial charge in [-0.15, -0.1) is 11.8 Å². The van der Waals surface area contributed by atoms with E-state index in [1.165, 1.54) is 23.9 Å². The number of hydrogen-bond donors (Lipinski definition) is 2. The van der Waals surface area contributed by atoms with Crippen LogP contribution in [0, 0.1) is 0 Å². The lowest BCUT2D eigenvalue weighted by atomic mass is 10.2. The Kier molecular flexibility index (Phi) is 5.50. The van der Waals surface area contributed by atoms with Gasteiger partial charge in [-0.25, -0.2) is 4.79 Å². The van der Waals surface area contributed by atoms with Gasteiger partial charge in [0.2, 0.25) is 5.91 Å². The topological polar surface area (TPSA) is 66.4 Å². The summed E-state index contributed by atoms with van der Waals surface area (Å²) in [6.07, 6.45) is 0. The van der Waals surface area contributed by atoms with E-state index in [0.717, 1.165) is 0 Å². The summed E-state index contributed by atoms with van der Waals surface area (Å²) in [5, 5.41) is 12.2. The van der Waals surface area contributed by atoms with E-state index >= 15 is 0 Å². The molecule has 0 atom stereocenters. The van der Waals surface area contributed by atoms with Crippen LogP contribution in [0.3, 0.4) is 0 Å². The van der Waals surface area contributed by atoms with Crippen molar-refractivity contribution in [3.8, 4) is 0 Å². The SMILES string of the molecule is CC(C)SCC(=O)Nc1ccc(Cl)cc1C(=O)O. The average molecular weight is 288 g/mol. The number of carbonyl (C=O) groups excluding carboxylic acids is 1. The number of hydrogen-bond acceptors (Lipinski definition) is 3. The quantitative estimate of drug-likeness (QED) is 0.873. The molecule has 0 aliphatic carbocycles. The summed E-state index contributed by atoms with van der Waals surface area (Å²) >= 11 is 7.21. The van der Waals surface area contributed by atoms with Crippen LogP contribution in [-0.4, -0.2) is 28.0 Å². The molecule has 1 amide bonds. The van der Waals surface area contributed by atoms with Gasteiger partial charge in [-0.05, 0) is 23.4 Å². The van der Waals surface area contributed by atoms with Crippen LogP contribution in [0.4, 0.5) is 5.69 Å². The van der Waals surface area contributed by atoms with Crippen molar-refractivity contribution in [3.05, 3.63) is 28.8 Å². The first-order valence-corrected chi connectivity index (χ1v) is 6.77. The molecule has 2 N–H and O–H groups in total. The number of amides is 1. The van der Waals surface area contributed by atoms with Crippen molar-refractivity contribution in [2.24, 2.45) is 0 Å². The number of carboxylic acid groups (broad SMARTS) is 1. The van der Waals surface area contributed by atoms with Crippen LogP contribution in [0.25, 0.3) is 0 Å². The summed E-state index contributed by atoms with van der Waals surface area (Å²) in [7, 11) is 0.